The Morgan fingerprint density at radius 1 is 1.21 bits per heavy atom. The fraction of sp³-hybridized carbons (Fsp3) is 0.133. The zero-order chi connectivity index (χ0) is 13.8. The third-order valence-electron chi connectivity index (χ3n) is 2.95. The summed E-state index contributed by atoms with van der Waals surface area (Å²) < 4.78 is 13.2. The average Bonchev–Trinajstić information content (AvgIpc) is 2.43. The first-order chi connectivity index (χ1) is 9.13. The van der Waals surface area contributed by atoms with Gasteiger partial charge in [0.15, 0.2) is 5.78 Å². The van der Waals surface area contributed by atoms with Gasteiger partial charge in [-0.15, -0.1) is 0 Å². The molecule has 0 aromatic heterocycles. The lowest BCUT2D eigenvalue weighted by Crippen LogP contribution is -2.22. The van der Waals surface area contributed by atoms with Crippen molar-refractivity contribution >= 4 is 17.4 Å². The molecule has 98 valence electrons. The van der Waals surface area contributed by atoms with Gasteiger partial charge < -0.3 is 5.73 Å². The van der Waals surface area contributed by atoms with Gasteiger partial charge in [-0.05, 0) is 23.8 Å². The topological polar surface area (TPSA) is 43.1 Å². The normalized spacial score (nSPS) is 12.2. The number of nitrogens with two attached hydrogens (primary N) is 1. The highest BCUT2D eigenvalue weighted by atomic mass is 35.5. The number of Topliss-reactive ketones (excluding diaryl/α,β-unsaturated/α-hetero) is 1. The molecule has 2 rings (SSSR count). The minimum atomic E-state index is -0.513. The highest BCUT2D eigenvalue weighted by molar-refractivity contribution is 6.34. The van der Waals surface area contributed by atoms with Crippen LogP contribution in [0.4, 0.5) is 4.39 Å². The second-order valence-electron chi connectivity index (χ2n) is 4.19. The summed E-state index contributed by atoms with van der Waals surface area (Å²) in [4.78, 5) is 12.4. The molecule has 0 spiro atoms. The first-order valence-electron chi connectivity index (χ1n) is 5.87. The van der Waals surface area contributed by atoms with E-state index in [1.165, 1.54) is 12.1 Å². The summed E-state index contributed by atoms with van der Waals surface area (Å²) in [5, 5.41) is 0.237. The Hall–Kier alpha value is -1.71. The molecule has 0 saturated heterocycles. The van der Waals surface area contributed by atoms with Gasteiger partial charge in [-0.25, -0.2) is 4.39 Å². The van der Waals surface area contributed by atoms with E-state index in [4.69, 9.17) is 17.3 Å². The Labute approximate surface area is 116 Å². The summed E-state index contributed by atoms with van der Waals surface area (Å²) in [6.07, 6.45) is 0. The van der Waals surface area contributed by atoms with E-state index in [1.807, 2.05) is 30.3 Å². The lowest BCUT2D eigenvalue weighted by atomic mass is 9.90. The second-order valence-corrected chi connectivity index (χ2v) is 4.59. The summed E-state index contributed by atoms with van der Waals surface area (Å²) >= 11 is 5.95. The van der Waals surface area contributed by atoms with Crippen LogP contribution in [0.5, 0.6) is 0 Å². The van der Waals surface area contributed by atoms with E-state index in [2.05, 4.69) is 0 Å². The molecular weight excluding hydrogens is 265 g/mol. The standard InChI is InChI=1S/C15H13ClFNO/c16-14-7-6-11(17)8-12(14)15(19)13(9-18)10-4-2-1-3-5-10/h1-8,13H,9,18H2. The van der Waals surface area contributed by atoms with Crippen molar-refractivity contribution in [3.8, 4) is 0 Å². The molecule has 2 aromatic rings. The van der Waals surface area contributed by atoms with E-state index in [1.54, 1.807) is 0 Å². The summed E-state index contributed by atoms with van der Waals surface area (Å²) in [6.45, 7) is 0.149. The van der Waals surface area contributed by atoms with Gasteiger partial charge in [-0.3, -0.25) is 4.79 Å². The number of carbonyl (C=O) groups is 1. The Balaban J connectivity index is 2.39. The predicted molar refractivity (Wildman–Crippen MR) is 74.0 cm³/mol. The van der Waals surface area contributed by atoms with Crippen molar-refractivity contribution in [3.63, 3.8) is 0 Å². The van der Waals surface area contributed by atoms with E-state index in [-0.39, 0.29) is 22.9 Å². The van der Waals surface area contributed by atoms with Crippen molar-refractivity contribution in [2.75, 3.05) is 6.54 Å². The molecule has 0 aliphatic carbocycles. The van der Waals surface area contributed by atoms with Crippen LogP contribution in [0.3, 0.4) is 0 Å². The molecule has 0 heterocycles. The maximum atomic E-state index is 13.2. The van der Waals surface area contributed by atoms with Crippen LogP contribution in [0.15, 0.2) is 48.5 Å². The number of hydrogen-bond acceptors (Lipinski definition) is 2. The van der Waals surface area contributed by atoms with Crippen LogP contribution in [-0.4, -0.2) is 12.3 Å². The molecule has 0 bridgehead atoms. The van der Waals surface area contributed by atoms with Crippen molar-refractivity contribution in [3.05, 3.63) is 70.5 Å². The van der Waals surface area contributed by atoms with Gasteiger partial charge >= 0.3 is 0 Å². The fourth-order valence-corrected chi connectivity index (χ4v) is 2.16. The number of halogens is 2. The van der Waals surface area contributed by atoms with E-state index in [0.717, 1.165) is 11.6 Å². The van der Waals surface area contributed by atoms with Crippen LogP contribution in [0.25, 0.3) is 0 Å². The Bertz CT molecular complexity index is 586. The van der Waals surface area contributed by atoms with Crippen molar-refractivity contribution < 1.29 is 9.18 Å². The van der Waals surface area contributed by atoms with Crippen LogP contribution in [0.1, 0.15) is 21.8 Å². The van der Waals surface area contributed by atoms with E-state index < -0.39 is 11.7 Å². The van der Waals surface area contributed by atoms with Crippen molar-refractivity contribution in [2.45, 2.75) is 5.92 Å². The van der Waals surface area contributed by atoms with Gasteiger partial charge in [0.2, 0.25) is 0 Å². The van der Waals surface area contributed by atoms with E-state index in [0.29, 0.717) is 0 Å². The number of carbonyl (C=O) groups excluding carboxylic acids is 1. The second kappa shape index (κ2) is 5.95. The number of benzene rings is 2. The molecule has 19 heavy (non-hydrogen) atoms. The van der Waals surface area contributed by atoms with Gasteiger partial charge in [0.25, 0.3) is 0 Å². The van der Waals surface area contributed by atoms with Gasteiger partial charge in [-0.2, -0.15) is 0 Å². The third-order valence-corrected chi connectivity index (χ3v) is 3.28. The SMILES string of the molecule is NCC(C(=O)c1cc(F)ccc1Cl)c1ccccc1. The van der Waals surface area contributed by atoms with E-state index >= 15 is 0 Å². The Morgan fingerprint density at radius 2 is 1.89 bits per heavy atom. The van der Waals surface area contributed by atoms with Crippen molar-refractivity contribution in [2.24, 2.45) is 5.73 Å². The molecule has 2 nitrogen and oxygen atoms in total. The molecule has 0 fully saturated rings. The monoisotopic (exact) mass is 277 g/mol. The number of rotatable bonds is 4. The molecule has 4 heteroatoms. The molecule has 1 unspecified atom stereocenters. The van der Waals surface area contributed by atoms with Gasteiger partial charge in [0.05, 0.1) is 10.9 Å². The van der Waals surface area contributed by atoms with Gasteiger partial charge in [-0.1, -0.05) is 41.9 Å². The van der Waals surface area contributed by atoms with Crippen LogP contribution in [0.2, 0.25) is 5.02 Å². The largest absolute Gasteiger partial charge is 0.329 e. The van der Waals surface area contributed by atoms with Crippen molar-refractivity contribution in [1.29, 1.82) is 0 Å². The molecule has 0 aliphatic heterocycles. The van der Waals surface area contributed by atoms with Crippen LogP contribution >= 0.6 is 11.6 Å². The lowest BCUT2D eigenvalue weighted by Gasteiger charge is -2.15. The third kappa shape index (κ3) is 3.00. The number of ketones is 1. The summed E-state index contributed by atoms with van der Waals surface area (Å²) in [5.74, 6) is -1.27. The molecule has 1 atom stereocenters. The minimum absolute atomic E-state index is 0.149. The average molecular weight is 278 g/mol. The maximum Gasteiger partial charge on any atom is 0.173 e. The molecule has 0 amide bonds. The van der Waals surface area contributed by atoms with Crippen LogP contribution in [0, 0.1) is 5.82 Å². The quantitative estimate of drug-likeness (QED) is 0.871. The summed E-state index contributed by atoms with van der Waals surface area (Å²) in [7, 11) is 0. The zero-order valence-corrected chi connectivity index (χ0v) is 10.9. The molecule has 0 aliphatic rings. The Morgan fingerprint density at radius 3 is 2.53 bits per heavy atom. The molecule has 2 N–H and O–H groups in total. The fourth-order valence-electron chi connectivity index (χ4n) is 1.95. The Kier molecular flexibility index (Phi) is 4.30. The lowest BCUT2D eigenvalue weighted by molar-refractivity contribution is 0.0962. The molecule has 2 aromatic carbocycles. The first-order valence-corrected chi connectivity index (χ1v) is 6.25. The van der Waals surface area contributed by atoms with Crippen LogP contribution < -0.4 is 5.73 Å². The van der Waals surface area contributed by atoms with Crippen LogP contribution in [-0.2, 0) is 0 Å². The summed E-state index contributed by atoms with van der Waals surface area (Å²) in [5.41, 5.74) is 6.64. The molecule has 0 saturated carbocycles. The number of hydrogen-bond donors (Lipinski definition) is 1. The van der Waals surface area contributed by atoms with E-state index in [9.17, 15) is 9.18 Å². The smallest absolute Gasteiger partial charge is 0.173 e. The van der Waals surface area contributed by atoms with Gasteiger partial charge in [0.1, 0.15) is 5.82 Å². The van der Waals surface area contributed by atoms with Crippen molar-refractivity contribution in [1.82, 2.24) is 0 Å². The molecule has 0 radical (unpaired) electrons. The first kappa shape index (κ1) is 13.7. The summed E-state index contributed by atoms with van der Waals surface area (Å²) in [6, 6.07) is 12.9. The minimum Gasteiger partial charge on any atom is -0.329 e. The maximum absolute atomic E-state index is 13.2. The molecular formula is C15H13ClFNO. The highest BCUT2D eigenvalue weighted by Crippen LogP contribution is 2.25. The predicted octanol–water partition coefficient (Wildman–Crippen LogP) is 3.40. The zero-order valence-electron chi connectivity index (χ0n) is 10.1. The van der Waals surface area contributed by atoms with Gasteiger partial charge in [0, 0.05) is 12.1 Å². The highest BCUT2D eigenvalue weighted by Gasteiger charge is 2.22.